The number of nitrogens with zero attached hydrogens (tertiary/aromatic N) is 1. The van der Waals surface area contributed by atoms with E-state index in [2.05, 4.69) is 5.32 Å². The zero-order valence-electron chi connectivity index (χ0n) is 10.8. The molecule has 0 aliphatic rings. The van der Waals surface area contributed by atoms with Gasteiger partial charge in [-0.3, -0.25) is 4.79 Å². The van der Waals surface area contributed by atoms with Gasteiger partial charge in [0.15, 0.2) is 17.7 Å². The predicted octanol–water partition coefficient (Wildman–Crippen LogP) is 1.22. The number of benzene rings is 1. The molecule has 0 aliphatic heterocycles. The zero-order chi connectivity index (χ0) is 14.3. The van der Waals surface area contributed by atoms with E-state index in [0.717, 1.165) is 0 Å². The monoisotopic (exact) mass is 266 g/mol. The maximum atomic E-state index is 13.6. The Morgan fingerprint density at radius 1 is 1.42 bits per heavy atom. The highest BCUT2D eigenvalue weighted by Gasteiger charge is 2.18. The fourth-order valence-corrected chi connectivity index (χ4v) is 1.54. The highest BCUT2D eigenvalue weighted by molar-refractivity contribution is 5.81. The number of rotatable bonds is 6. The summed E-state index contributed by atoms with van der Waals surface area (Å²) in [6.07, 6.45) is -1.79. The fraction of sp³-hybridized carbons (Fsp3) is 0.385. The van der Waals surface area contributed by atoms with Crippen molar-refractivity contribution in [1.29, 1.82) is 5.26 Å². The lowest BCUT2D eigenvalue weighted by atomic mass is 10.1. The summed E-state index contributed by atoms with van der Waals surface area (Å²) in [6, 6.07) is 6.63. The van der Waals surface area contributed by atoms with Crippen LogP contribution in [-0.4, -0.2) is 32.8 Å². The van der Waals surface area contributed by atoms with Crippen LogP contribution < -0.4 is 14.8 Å². The highest BCUT2D eigenvalue weighted by Crippen LogP contribution is 2.28. The van der Waals surface area contributed by atoms with Gasteiger partial charge >= 0.3 is 0 Å². The molecule has 1 aromatic rings. The first-order chi connectivity index (χ1) is 9.12. The molecule has 0 fully saturated rings. The van der Waals surface area contributed by atoms with Crippen LogP contribution in [0, 0.1) is 11.3 Å². The number of halogens is 1. The van der Waals surface area contributed by atoms with Gasteiger partial charge in [-0.15, -0.1) is 0 Å². The Balaban J connectivity index is 2.72. The molecule has 5 nitrogen and oxygen atoms in total. The predicted molar refractivity (Wildman–Crippen MR) is 66.8 cm³/mol. The van der Waals surface area contributed by atoms with Crippen LogP contribution in [0.5, 0.6) is 11.5 Å². The molecular formula is C13H15FN2O3. The molecule has 1 aromatic carbocycles. The van der Waals surface area contributed by atoms with Gasteiger partial charge in [0.25, 0.3) is 5.91 Å². The number of hydrogen-bond acceptors (Lipinski definition) is 4. The molecule has 0 bridgehead atoms. The standard InChI is InChI=1S/C13H15FN2O3/c1-18-11-4-3-9(8-12(11)19-2)7-10(14)13(17)16-6-5-15/h3-4,8,10H,6-7H2,1-2H3,(H,16,17). The zero-order valence-corrected chi connectivity index (χ0v) is 10.8. The van der Waals surface area contributed by atoms with Crippen molar-refractivity contribution in [3.63, 3.8) is 0 Å². The van der Waals surface area contributed by atoms with E-state index in [9.17, 15) is 9.18 Å². The Morgan fingerprint density at radius 3 is 2.68 bits per heavy atom. The van der Waals surface area contributed by atoms with Crippen LogP contribution in [-0.2, 0) is 11.2 Å². The van der Waals surface area contributed by atoms with Gasteiger partial charge < -0.3 is 14.8 Å². The Morgan fingerprint density at radius 2 is 2.11 bits per heavy atom. The average Bonchev–Trinajstić information content (AvgIpc) is 2.44. The van der Waals surface area contributed by atoms with E-state index in [1.54, 1.807) is 24.3 Å². The number of nitrogens with one attached hydrogen (secondary N) is 1. The number of carbonyl (C=O) groups is 1. The summed E-state index contributed by atoms with van der Waals surface area (Å²) in [5.41, 5.74) is 0.609. The second-order valence-corrected chi connectivity index (χ2v) is 3.74. The largest absolute Gasteiger partial charge is 0.493 e. The summed E-state index contributed by atoms with van der Waals surface area (Å²) in [5.74, 6) is 0.219. The lowest BCUT2D eigenvalue weighted by molar-refractivity contribution is -0.125. The molecule has 0 aromatic heterocycles. The number of nitriles is 1. The summed E-state index contributed by atoms with van der Waals surface area (Å²) in [4.78, 5) is 11.3. The summed E-state index contributed by atoms with van der Waals surface area (Å²) in [5, 5.41) is 10.5. The van der Waals surface area contributed by atoms with Crippen molar-refractivity contribution in [3.8, 4) is 17.6 Å². The van der Waals surface area contributed by atoms with Crippen molar-refractivity contribution in [2.45, 2.75) is 12.6 Å². The number of ether oxygens (including phenoxy) is 2. The number of methoxy groups -OCH3 is 2. The third-order valence-electron chi connectivity index (χ3n) is 2.49. The minimum atomic E-state index is -1.70. The van der Waals surface area contributed by atoms with Gasteiger partial charge in [-0.2, -0.15) is 5.26 Å². The van der Waals surface area contributed by atoms with Gasteiger partial charge in [-0.05, 0) is 17.7 Å². The van der Waals surface area contributed by atoms with Crippen LogP contribution in [0.3, 0.4) is 0 Å². The molecule has 1 rings (SSSR count). The fourth-order valence-electron chi connectivity index (χ4n) is 1.54. The van der Waals surface area contributed by atoms with Crippen LogP contribution in [0.15, 0.2) is 18.2 Å². The lowest BCUT2D eigenvalue weighted by Gasteiger charge is -2.11. The molecule has 0 saturated heterocycles. The van der Waals surface area contributed by atoms with Crippen molar-refractivity contribution in [3.05, 3.63) is 23.8 Å². The summed E-state index contributed by atoms with van der Waals surface area (Å²) in [6.45, 7) is -0.203. The van der Waals surface area contributed by atoms with E-state index in [4.69, 9.17) is 14.7 Å². The Hall–Kier alpha value is -2.29. The molecular weight excluding hydrogens is 251 g/mol. The third-order valence-corrected chi connectivity index (χ3v) is 2.49. The summed E-state index contributed by atoms with van der Waals surface area (Å²) >= 11 is 0. The van der Waals surface area contributed by atoms with Crippen molar-refractivity contribution >= 4 is 5.91 Å². The lowest BCUT2D eigenvalue weighted by Crippen LogP contribution is -2.33. The van der Waals surface area contributed by atoms with E-state index in [-0.39, 0.29) is 13.0 Å². The topological polar surface area (TPSA) is 71.3 Å². The summed E-state index contributed by atoms with van der Waals surface area (Å²) in [7, 11) is 2.99. The van der Waals surface area contributed by atoms with Crippen LogP contribution in [0.25, 0.3) is 0 Å². The minimum Gasteiger partial charge on any atom is -0.493 e. The van der Waals surface area contributed by atoms with Gasteiger partial charge in [0.1, 0.15) is 6.54 Å². The van der Waals surface area contributed by atoms with Crippen molar-refractivity contribution in [2.24, 2.45) is 0 Å². The van der Waals surface area contributed by atoms with E-state index in [1.165, 1.54) is 14.2 Å². The molecule has 1 atom stereocenters. The molecule has 0 radical (unpaired) electrons. The Kier molecular flexibility index (Phi) is 5.61. The second kappa shape index (κ2) is 7.21. The van der Waals surface area contributed by atoms with E-state index in [0.29, 0.717) is 17.1 Å². The van der Waals surface area contributed by atoms with E-state index < -0.39 is 12.1 Å². The van der Waals surface area contributed by atoms with Crippen LogP contribution in [0.2, 0.25) is 0 Å². The van der Waals surface area contributed by atoms with Gasteiger partial charge in [0, 0.05) is 6.42 Å². The minimum absolute atomic E-state index is 0.0857. The van der Waals surface area contributed by atoms with Crippen LogP contribution >= 0.6 is 0 Å². The first-order valence-electron chi connectivity index (χ1n) is 5.62. The average molecular weight is 266 g/mol. The van der Waals surface area contributed by atoms with Crippen molar-refractivity contribution < 1.29 is 18.7 Å². The van der Waals surface area contributed by atoms with Crippen LogP contribution in [0.4, 0.5) is 4.39 Å². The Labute approximate surface area is 110 Å². The van der Waals surface area contributed by atoms with Gasteiger partial charge in [0.2, 0.25) is 0 Å². The SMILES string of the molecule is COc1ccc(CC(F)C(=O)NCC#N)cc1OC. The molecule has 0 heterocycles. The molecule has 0 spiro atoms. The maximum absolute atomic E-state index is 13.6. The van der Waals surface area contributed by atoms with Crippen molar-refractivity contribution in [1.82, 2.24) is 5.32 Å². The van der Waals surface area contributed by atoms with Crippen LogP contribution in [0.1, 0.15) is 5.56 Å². The smallest absolute Gasteiger partial charge is 0.255 e. The molecule has 1 unspecified atom stereocenters. The molecule has 102 valence electrons. The highest BCUT2D eigenvalue weighted by atomic mass is 19.1. The quantitative estimate of drug-likeness (QED) is 0.786. The first-order valence-corrected chi connectivity index (χ1v) is 5.62. The van der Waals surface area contributed by atoms with Gasteiger partial charge in [0.05, 0.1) is 20.3 Å². The third kappa shape index (κ3) is 4.14. The molecule has 19 heavy (non-hydrogen) atoms. The second-order valence-electron chi connectivity index (χ2n) is 3.74. The van der Waals surface area contributed by atoms with E-state index in [1.807, 2.05) is 0 Å². The van der Waals surface area contributed by atoms with Crippen molar-refractivity contribution in [2.75, 3.05) is 20.8 Å². The van der Waals surface area contributed by atoms with Gasteiger partial charge in [-0.1, -0.05) is 6.07 Å². The Bertz CT molecular complexity index is 485. The molecule has 1 amide bonds. The number of alkyl halides is 1. The molecule has 6 heteroatoms. The van der Waals surface area contributed by atoms with E-state index >= 15 is 0 Å². The normalized spacial score (nSPS) is 11.3. The number of carbonyl (C=O) groups excluding carboxylic acids is 1. The molecule has 0 saturated carbocycles. The number of hydrogen-bond donors (Lipinski definition) is 1. The van der Waals surface area contributed by atoms with Gasteiger partial charge in [-0.25, -0.2) is 4.39 Å². The molecule has 0 aliphatic carbocycles. The number of amides is 1. The summed E-state index contributed by atoms with van der Waals surface area (Å²) < 4.78 is 23.8. The molecule has 1 N–H and O–H groups in total. The first kappa shape index (κ1) is 14.8. The maximum Gasteiger partial charge on any atom is 0.255 e.